The average molecular weight is 236 g/mol. The van der Waals surface area contributed by atoms with Gasteiger partial charge in [-0.2, -0.15) is 0 Å². The molecule has 3 N–H and O–H groups in total. The number of nitrogens with two attached hydrogens (primary N) is 1. The van der Waals surface area contributed by atoms with Gasteiger partial charge in [-0.25, -0.2) is 9.97 Å². The Morgan fingerprint density at radius 3 is 2.59 bits per heavy atom. The van der Waals surface area contributed by atoms with Crippen LogP contribution in [0.4, 0.5) is 5.95 Å². The standard InChI is InChI=1S/C12H20N4O/c1-8-7-9(16-11(13)15-8)10(17)14-6-5-12(2,3)4/h7H,5-6H2,1-4H3,(H,14,17)(H2,13,15,16). The van der Waals surface area contributed by atoms with E-state index in [1.54, 1.807) is 13.0 Å². The maximum atomic E-state index is 11.8. The first-order chi connectivity index (χ1) is 7.78. The van der Waals surface area contributed by atoms with Crippen LogP contribution in [0.5, 0.6) is 0 Å². The third-order valence-electron chi connectivity index (χ3n) is 2.26. The van der Waals surface area contributed by atoms with E-state index in [1.807, 2.05) is 0 Å². The van der Waals surface area contributed by atoms with Gasteiger partial charge in [-0.1, -0.05) is 20.8 Å². The fourth-order valence-electron chi connectivity index (χ4n) is 1.35. The van der Waals surface area contributed by atoms with Crippen molar-refractivity contribution in [1.29, 1.82) is 0 Å². The van der Waals surface area contributed by atoms with E-state index in [0.29, 0.717) is 17.9 Å². The summed E-state index contributed by atoms with van der Waals surface area (Å²) in [6, 6.07) is 1.63. The molecule has 0 fully saturated rings. The van der Waals surface area contributed by atoms with Crippen molar-refractivity contribution < 1.29 is 4.79 Å². The lowest BCUT2D eigenvalue weighted by molar-refractivity contribution is 0.0944. The van der Waals surface area contributed by atoms with E-state index in [-0.39, 0.29) is 17.3 Å². The van der Waals surface area contributed by atoms with Crippen LogP contribution in [-0.2, 0) is 0 Å². The van der Waals surface area contributed by atoms with Crippen LogP contribution in [0.25, 0.3) is 0 Å². The zero-order valence-corrected chi connectivity index (χ0v) is 10.9. The van der Waals surface area contributed by atoms with Gasteiger partial charge in [-0.05, 0) is 24.8 Å². The van der Waals surface area contributed by atoms with Crippen molar-refractivity contribution in [2.75, 3.05) is 12.3 Å². The third kappa shape index (κ3) is 4.80. The van der Waals surface area contributed by atoms with E-state index in [0.717, 1.165) is 6.42 Å². The molecule has 0 saturated carbocycles. The molecule has 0 bridgehead atoms. The lowest BCUT2D eigenvalue weighted by atomic mass is 9.92. The zero-order valence-electron chi connectivity index (χ0n) is 10.9. The number of aromatic nitrogens is 2. The topological polar surface area (TPSA) is 80.9 Å². The van der Waals surface area contributed by atoms with Gasteiger partial charge in [0.2, 0.25) is 5.95 Å². The first kappa shape index (κ1) is 13.4. The molecule has 5 heteroatoms. The molecule has 0 atom stereocenters. The minimum atomic E-state index is -0.202. The van der Waals surface area contributed by atoms with E-state index in [4.69, 9.17) is 5.73 Å². The van der Waals surface area contributed by atoms with Crippen molar-refractivity contribution in [3.8, 4) is 0 Å². The van der Waals surface area contributed by atoms with E-state index in [9.17, 15) is 4.79 Å². The van der Waals surface area contributed by atoms with E-state index < -0.39 is 0 Å². The van der Waals surface area contributed by atoms with Crippen molar-refractivity contribution in [3.63, 3.8) is 0 Å². The molecule has 0 aromatic carbocycles. The maximum Gasteiger partial charge on any atom is 0.270 e. The Balaban J connectivity index is 2.58. The van der Waals surface area contributed by atoms with Crippen molar-refractivity contribution >= 4 is 11.9 Å². The summed E-state index contributed by atoms with van der Waals surface area (Å²) < 4.78 is 0. The van der Waals surface area contributed by atoms with Gasteiger partial charge in [0.05, 0.1) is 0 Å². The van der Waals surface area contributed by atoms with Crippen molar-refractivity contribution in [1.82, 2.24) is 15.3 Å². The molecular weight excluding hydrogens is 216 g/mol. The van der Waals surface area contributed by atoms with Crippen LogP contribution in [-0.4, -0.2) is 22.4 Å². The highest BCUT2D eigenvalue weighted by Crippen LogP contribution is 2.17. The van der Waals surface area contributed by atoms with Crippen LogP contribution in [0.15, 0.2) is 6.07 Å². The zero-order chi connectivity index (χ0) is 13.1. The molecular formula is C12H20N4O. The fraction of sp³-hybridized carbons (Fsp3) is 0.583. The Labute approximate surface area is 102 Å². The molecule has 0 radical (unpaired) electrons. The van der Waals surface area contributed by atoms with Gasteiger partial charge in [0, 0.05) is 12.2 Å². The second-order valence-corrected chi connectivity index (χ2v) is 5.32. The summed E-state index contributed by atoms with van der Waals surface area (Å²) in [5, 5.41) is 2.83. The van der Waals surface area contributed by atoms with Gasteiger partial charge in [-0.3, -0.25) is 4.79 Å². The number of carbonyl (C=O) groups excluding carboxylic acids is 1. The minimum Gasteiger partial charge on any atom is -0.368 e. The highest BCUT2D eigenvalue weighted by molar-refractivity contribution is 5.92. The molecule has 1 aromatic rings. The molecule has 0 spiro atoms. The Kier molecular flexibility index (Phi) is 4.04. The number of hydrogen-bond donors (Lipinski definition) is 2. The normalized spacial score (nSPS) is 11.3. The second-order valence-electron chi connectivity index (χ2n) is 5.32. The number of amides is 1. The number of rotatable bonds is 3. The SMILES string of the molecule is Cc1cc(C(=O)NCCC(C)(C)C)nc(N)n1. The molecule has 1 rings (SSSR count). The largest absolute Gasteiger partial charge is 0.368 e. The molecule has 0 unspecified atom stereocenters. The molecule has 0 aliphatic carbocycles. The number of carbonyl (C=O) groups is 1. The quantitative estimate of drug-likeness (QED) is 0.834. The fourth-order valence-corrected chi connectivity index (χ4v) is 1.35. The smallest absolute Gasteiger partial charge is 0.270 e. The molecule has 94 valence electrons. The van der Waals surface area contributed by atoms with Gasteiger partial charge in [0.1, 0.15) is 5.69 Å². The number of nitrogens with one attached hydrogen (secondary N) is 1. The molecule has 5 nitrogen and oxygen atoms in total. The molecule has 1 aromatic heterocycles. The summed E-state index contributed by atoms with van der Waals surface area (Å²) >= 11 is 0. The Morgan fingerprint density at radius 2 is 2.06 bits per heavy atom. The molecule has 0 aliphatic rings. The van der Waals surface area contributed by atoms with Crippen molar-refractivity contribution in [2.24, 2.45) is 5.41 Å². The van der Waals surface area contributed by atoms with E-state index in [2.05, 4.69) is 36.1 Å². The molecule has 0 aliphatic heterocycles. The van der Waals surface area contributed by atoms with Crippen molar-refractivity contribution in [3.05, 3.63) is 17.5 Å². The Bertz CT molecular complexity index is 389. The Morgan fingerprint density at radius 1 is 1.41 bits per heavy atom. The summed E-state index contributed by atoms with van der Waals surface area (Å²) in [6.07, 6.45) is 0.915. The summed E-state index contributed by atoms with van der Waals surface area (Å²) in [5.41, 5.74) is 6.71. The second kappa shape index (κ2) is 5.12. The van der Waals surface area contributed by atoms with Crippen LogP contribution >= 0.6 is 0 Å². The maximum absolute atomic E-state index is 11.8. The monoisotopic (exact) mass is 236 g/mol. The van der Waals surface area contributed by atoms with Crippen LogP contribution in [0.3, 0.4) is 0 Å². The lowest BCUT2D eigenvalue weighted by Gasteiger charge is -2.17. The summed E-state index contributed by atoms with van der Waals surface area (Å²) in [5.74, 6) is -0.0718. The first-order valence-corrected chi connectivity index (χ1v) is 5.67. The third-order valence-corrected chi connectivity index (χ3v) is 2.26. The van der Waals surface area contributed by atoms with Crippen molar-refractivity contribution in [2.45, 2.75) is 34.1 Å². The lowest BCUT2D eigenvalue weighted by Crippen LogP contribution is -2.28. The van der Waals surface area contributed by atoms with Gasteiger partial charge >= 0.3 is 0 Å². The number of anilines is 1. The van der Waals surface area contributed by atoms with Crippen LogP contribution < -0.4 is 11.1 Å². The van der Waals surface area contributed by atoms with Gasteiger partial charge in [0.25, 0.3) is 5.91 Å². The van der Waals surface area contributed by atoms with Crippen LogP contribution in [0.1, 0.15) is 43.4 Å². The number of aryl methyl sites for hydroxylation is 1. The van der Waals surface area contributed by atoms with Gasteiger partial charge in [0.15, 0.2) is 0 Å². The van der Waals surface area contributed by atoms with Crippen LogP contribution in [0, 0.1) is 12.3 Å². The minimum absolute atomic E-state index is 0.131. The predicted molar refractivity (Wildman–Crippen MR) is 67.6 cm³/mol. The highest BCUT2D eigenvalue weighted by atomic mass is 16.1. The summed E-state index contributed by atoms with van der Waals surface area (Å²) in [6.45, 7) is 8.80. The Hall–Kier alpha value is -1.65. The van der Waals surface area contributed by atoms with Gasteiger partial charge < -0.3 is 11.1 Å². The summed E-state index contributed by atoms with van der Waals surface area (Å²) in [4.78, 5) is 19.6. The molecule has 17 heavy (non-hydrogen) atoms. The number of nitrogen functional groups attached to an aromatic ring is 1. The van der Waals surface area contributed by atoms with E-state index in [1.165, 1.54) is 0 Å². The molecule has 1 amide bonds. The predicted octanol–water partition coefficient (Wildman–Crippen LogP) is 1.53. The molecule has 1 heterocycles. The van der Waals surface area contributed by atoms with E-state index >= 15 is 0 Å². The highest BCUT2D eigenvalue weighted by Gasteiger charge is 2.12. The van der Waals surface area contributed by atoms with Gasteiger partial charge in [-0.15, -0.1) is 0 Å². The summed E-state index contributed by atoms with van der Waals surface area (Å²) in [7, 11) is 0. The molecule has 0 saturated heterocycles. The van der Waals surface area contributed by atoms with Crippen LogP contribution in [0.2, 0.25) is 0 Å². The average Bonchev–Trinajstić information content (AvgIpc) is 2.13. The first-order valence-electron chi connectivity index (χ1n) is 5.67. The number of nitrogens with zero attached hydrogens (tertiary/aromatic N) is 2. The number of hydrogen-bond acceptors (Lipinski definition) is 4.